The third-order valence-electron chi connectivity index (χ3n) is 6.46. The van der Waals surface area contributed by atoms with Crippen molar-refractivity contribution in [2.24, 2.45) is 0 Å². The quantitative estimate of drug-likeness (QED) is 0.267. The summed E-state index contributed by atoms with van der Waals surface area (Å²) in [4.78, 5) is 26.3. The summed E-state index contributed by atoms with van der Waals surface area (Å²) in [5.74, 6) is -0.462. The summed E-state index contributed by atoms with van der Waals surface area (Å²) >= 11 is 1.45. The highest BCUT2D eigenvalue weighted by Gasteiger charge is 2.50. The molecule has 1 saturated heterocycles. The Morgan fingerprint density at radius 2 is 1.24 bits per heavy atom. The Hall–Kier alpha value is -3.81. The summed E-state index contributed by atoms with van der Waals surface area (Å²) in [5, 5.41) is 2.09. The Morgan fingerprint density at radius 3 is 1.84 bits per heavy atom. The Labute approximate surface area is 225 Å². The Bertz CT molecular complexity index is 1390. The Morgan fingerprint density at radius 1 is 0.684 bits per heavy atom. The predicted molar refractivity (Wildman–Crippen MR) is 148 cm³/mol. The maximum absolute atomic E-state index is 13.2. The van der Waals surface area contributed by atoms with Gasteiger partial charge in [0.05, 0.1) is 17.2 Å². The zero-order valence-corrected chi connectivity index (χ0v) is 21.9. The van der Waals surface area contributed by atoms with Gasteiger partial charge < -0.3 is 18.9 Å². The highest BCUT2D eigenvalue weighted by atomic mass is 32.2. The molecule has 194 valence electrons. The van der Waals surface area contributed by atoms with Gasteiger partial charge in [0.15, 0.2) is 18.3 Å². The summed E-state index contributed by atoms with van der Waals surface area (Å²) in [6.45, 7) is 1.81. The molecule has 1 heterocycles. The van der Waals surface area contributed by atoms with Crippen molar-refractivity contribution in [1.82, 2.24) is 0 Å². The van der Waals surface area contributed by atoms with Crippen molar-refractivity contribution < 1.29 is 28.5 Å². The van der Waals surface area contributed by atoms with Crippen LogP contribution < -0.4 is 4.74 Å². The van der Waals surface area contributed by atoms with Crippen molar-refractivity contribution in [2.45, 2.75) is 36.8 Å². The van der Waals surface area contributed by atoms with E-state index < -0.39 is 41.8 Å². The van der Waals surface area contributed by atoms with Crippen molar-refractivity contribution >= 4 is 34.5 Å². The van der Waals surface area contributed by atoms with E-state index in [1.807, 2.05) is 67.8 Å². The standard InChI is InChI=1S/C31H28O6S/c1-20-26(36-29(32)22-12-5-3-6-13-22)27(37-30(33)23-14-7-4-8-15-23)28(31(34-20)38-2)35-25-18-17-21-11-9-10-16-24(21)19-25/h3-20,26-28,31H,1-2H3/t20-,26-,27+,28+,31-/m0/s1. The lowest BCUT2D eigenvalue weighted by Gasteiger charge is -2.43. The van der Waals surface area contributed by atoms with E-state index in [1.165, 1.54) is 11.8 Å². The van der Waals surface area contributed by atoms with E-state index in [1.54, 1.807) is 48.5 Å². The smallest absolute Gasteiger partial charge is 0.338 e. The van der Waals surface area contributed by atoms with E-state index in [-0.39, 0.29) is 0 Å². The maximum Gasteiger partial charge on any atom is 0.338 e. The molecule has 0 saturated carbocycles. The SMILES string of the molecule is CS[C@@H]1O[C@@H](C)[C@H](OC(=O)c2ccccc2)[C@@H](OC(=O)c2ccccc2)[C@H]1Oc1ccc2ccccc2c1. The van der Waals surface area contributed by atoms with Crippen LogP contribution in [0, 0.1) is 0 Å². The second kappa shape index (κ2) is 11.7. The van der Waals surface area contributed by atoms with Gasteiger partial charge in [-0.15, -0.1) is 11.8 Å². The molecule has 1 aliphatic rings. The van der Waals surface area contributed by atoms with E-state index in [0.717, 1.165) is 10.8 Å². The fraction of sp³-hybridized carbons (Fsp3) is 0.226. The zero-order chi connectivity index (χ0) is 26.5. The maximum atomic E-state index is 13.2. The first-order chi connectivity index (χ1) is 18.5. The molecule has 6 nitrogen and oxygen atoms in total. The molecule has 1 aliphatic heterocycles. The summed E-state index contributed by atoms with van der Waals surface area (Å²) in [6, 6.07) is 31.2. The third-order valence-corrected chi connectivity index (χ3v) is 7.30. The van der Waals surface area contributed by atoms with E-state index in [4.69, 9.17) is 18.9 Å². The van der Waals surface area contributed by atoms with Crippen LogP contribution in [0.4, 0.5) is 0 Å². The minimum absolute atomic E-state index is 0.393. The van der Waals surface area contributed by atoms with Crippen LogP contribution in [0.25, 0.3) is 10.8 Å². The first kappa shape index (κ1) is 25.8. The molecular formula is C31H28O6S. The molecule has 0 amide bonds. The molecule has 5 atom stereocenters. The van der Waals surface area contributed by atoms with Gasteiger partial charge in [0, 0.05) is 0 Å². The third kappa shape index (κ3) is 5.69. The number of fused-ring (bicyclic) bond motifs is 1. The van der Waals surface area contributed by atoms with Crippen molar-refractivity contribution in [3.05, 3.63) is 114 Å². The lowest BCUT2D eigenvalue weighted by molar-refractivity contribution is -0.187. The van der Waals surface area contributed by atoms with Gasteiger partial charge in [-0.2, -0.15) is 0 Å². The summed E-state index contributed by atoms with van der Waals surface area (Å²) in [6.07, 6.45) is -1.22. The fourth-order valence-electron chi connectivity index (χ4n) is 4.51. The number of hydrogen-bond donors (Lipinski definition) is 0. The number of hydrogen-bond acceptors (Lipinski definition) is 7. The Balaban J connectivity index is 1.49. The van der Waals surface area contributed by atoms with Crippen molar-refractivity contribution in [3.63, 3.8) is 0 Å². The molecule has 0 spiro atoms. The number of benzene rings is 4. The van der Waals surface area contributed by atoms with Crippen LogP contribution in [0.5, 0.6) is 5.75 Å². The first-order valence-electron chi connectivity index (χ1n) is 12.4. The molecule has 0 aromatic heterocycles. The van der Waals surface area contributed by atoms with Crippen LogP contribution in [0.15, 0.2) is 103 Å². The van der Waals surface area contributed by atoms with Gasteiger partial charge in [-0.05, 0) is 60.4 Å². The van der Waals surface area contributed by atoms with Gasteiger partial charge in [-0.1, -0.05) is 66.7 Å². The van der Waals surface area contributed by atoms with Crippen LogP contribution in [-0.4, -0.2) is 48.0 Å². The van der Waals surface area contributed by atoms with Gasteiger partial charge in [0.25, 0.3) is 0 Å². The largest absolute Gasteiger partial charge is 0.483 e. The van der Waals surface area contributed by atoms with Crippen molar-refractivity contribution in [3.8, 4) is 5.75 Å². The van der Waals surface area contributed by atoms with Gasteiger partial charge in [0.1, 0.15) is 11.2 Å². The Kier molecular flexibility index (Phi) is 7.96. The molecule has 1 fully saturated rings. The number of carbonyl (C=O) groups is 2. The minimum Gasteiger partial charge on any atom is -0.483 e. The molecule has 4 aromatic carbocycles. The lowest BCUT2D eigenvalue weighted by atomic mass is 9.99. The number of esters is 2. The second-order valence-electron chi connectivity index (χ2n) is 9.01. The fourth-order valence-corrected chi connectivity index (χ4v) is 5.28. The van der Waals surface area contributed by atoms with Crippen LogP contribution in [0.1, 0.15) is 27.6 Å². The van der Waals surface area contributed by atoms with E-state index >= 15 is 0 Å². The van der Waals surface area contributed by atoms with Gasteiger partial charge >= 0.3 is 11.9 Å². The summed E-state index contributed by atoms with van der Waals surface area (Å²) in [5.41, 5.74) is 0.313. The molecule has 0 N–H and O–H groups in total. The van der Waals surface area contributed by atoms with Gasteiger partial charge in [-0.25, -0.2) is 9.59 Å². The summed E-state index contributed by atoms with van der Waals surface area (Å²) in [7, 11) is 0. The molecular weight excluding hydrogens is 500 g/mol. The summed E-state index contributed by atoms with van der Waals surface area (Å²) < 4.78 is 24.7. The molecule has 0 bridgehead atoms. The zero-order valence-electron chi connectivity index (χ0n) is 21.1. The first-order valence-corrected chi connectivity index (χ1v) is 13.7. The number of carbonyl (C=O) groups excluding carboxylic acids is 2. The molecule has 38 heavy (non-hydrogen) atoms. The van der Waals surface area contributed by atoms with E-state index in [2.05, 4.69) is 0 Å². The average Bonchev–Trinajstić information content (AvgIpc) is 2.96. The van der Waals surface area contributed by atoms with E-state index in [9.17, 15) is 9.59 Å². The highest BCUT2D eigenvalue weighted by Crippen LogP contribution is 2.35. The molecule has 0 aliphatic carbocycles. The van der Waals surface area contributed by atoms with Gasteiger partial charge in [-0.3, -0.25) is 0 Å². The van der Waals surface area contributed by atoms with Crippen molar-refractivity contribution in [1.29, 1.82) is 0 Å². The number of ether oxygens (including phenoxy) is 4. The normalized spacial score (nSPS) is 22.9. The topological polar surface area (TPSA) is 71.1 Å². The van der Waals surface area contributed by atoms with Crippen LogP contribution in [0.2, 0.25) is 0 Å². The molecule has 5 rings (SSSR count). The molecule has 0 radical (unpaired) electrons. The number of thioether (sulfide) groups is 1. The van der Waals surface area contributed by atoms with E-state index in [0.29, 0.717) is 16.9 Å². The number of rotatable bonds is 7. The van der Waals surface area contributed by atoms with Crippen molar-refractivity contribution in [2.75, 3.05) is 6.26 Å². The highest BCUT2D eigenvalue weighted by molar-refractivity contribution is 7.99. The van der Waals surface area contributed by atoms with Crippen LogP contribution in [-0.2, 0) is 14.2 Å². The predicted octanol–water partition coefficient (Wildman–Crippen LogP) is 6.15. The molecule has 7 heteroatoms. The second-order valence-corrected chi connectivity index (χ2v) is 9.94. The monoisotopic (exact) mass is 528 g/mol. The van der Waals surface area contributed by atoms with Crippen LogP contribution >= 0.6 is 11.8 Å². The van der Waals surface area contributed by atoms with Gasteiger partial charge in [0.2, 0.25) is 0 Å². The molecule has 0 unspecified atom stereocenters. The molecule has 4 aromatic rings. The average molecular weight is 529 g/mol. The lowest BCUT2D eigenvalue weighted by Crippen LogP contribution is -2.60. The minimum atomic E-state index is -0.928. The van der Waals surface area contributed by atoms with Crippen LogP contribution in [0.3, 0.4) is 0 Å².